The maximum atomic E-state index is 4.61. The van der Waals surface area contributed by atoms with Crippen molar-refractivity contribution in [1.82, 2.24) is 14.5 Å². The first-order valence-corrected chi connectivity index (χ1v) is 13.6. The molecule has 0 fully saturated rings. The Balaban J connectivity index is 1.47. The van der Waals surface area contributed by atoms with E-state index in [0.717, 1.165) is 9.91 Å². The van der Waals surface area contributed by atoms with Gasteiger partial charge in [-0.05, 0) is 0 Å². The van der Waals surface area contributed by atoms with Crippen molar-refractivity contribution in [3.63, 3.8) is 0 Å². The second-order valence-electron chi connectivity index (χ2n) is 9.93. The third-order valence-electron chi connectivity index (χ3n) is 7.73. The molecule has 0 radical (unpaired) electrons. The van der Waals surface area contributed by atoms with Crippen molar-refractivity contribution in [3.8, 4) is 16.8 Å². The van der Waals surface area contributed by atoms with Crippen LogP contribution in [0, 0.1) is 0 Å². The Labute approximate surface area is 208 Å². The number of fused-ring (bicyclic) bond motifs is 9. The van der Waals surface area contributed by atoms with Gasteiger partial charge in [-0.3, -0.25) is 0 Å². The van der Waals surface area contributed by atoms with E-state index in [4.69, 9.17) is 0 Å². The van der Waals surface area contributed by atoms with E-state index in [1.54, 1.807) is 12.4 Å². The van der Waals surface area contributed by atoms with Crippen LogP contribution in [0.5, 0.6) is 0 Å². The summed E-state index contributed by atoms with van der Waals surface area (Å²) in [5, 5.41) is 3.84. The van der Waals surface area contributed by atoms with Gasteiger partial charge in [-0.15, -0.1) is 0 Å². The molecule has 1 aliphatic rings. The fourth-order valence-electron chi connectivity index (χ4n) is 6.06. The number of para-hydroxylation sites is 1. The van der Waals surface area contributed by atoms with Gasteiger partial charge in [0, 0.05) is 0 Å². The van der Waals surface area contributed by atoms with Crippen LogP contribution >= 0.6 is 0 Å². The molecule has 166 valence electrons. The van der Waals surface area contributed by atoms with Gasteiger partial charge in [-0.2, -0.15) is 0 Å². The van der Waals surface area contributed by atoms with Gasteiger partial charge >= 0.3 is 209 Å². The van der Waals surface area contributed by atoms with Crippen molar-refractivity contribution < 1.29 is 0 Å². The van der Waals surface area contributed by atoms with E-state index in [0.29, 0.717) is 0 Å². The van der Waals surface area contributed by atoms with Crippen molar-refractivity contribution in [3.05, 3.63) is 102 Å². The predicted molar refractivity (Wildman–Crippen MR) is 146 cm³/mol. The molecular weight excluding hydrogens is 493 g/mol. The Hall–Kier alpha value is -3.72. The van der Waals surface area contributed by atoms with Crippen molar-refractivity contribution in [2.24, 2.45) is 0 Å². The van der Waals surface area contributed by atoms with E-state index in [1.807, 2.05) is 0 Å². The standard InChI is InChI=1S/C31H21N3Se/c1-31(2)24-9-5-3-7-19(24)22-16-23-20-8-4-6-10-26(20)34(27(23)17-25(22)31)18-11-12-21-28(15-18)35-30-29(21)32-13-14-33-30/h3-17H,1-2H3. The molecule has 0 aliphatic heterocycles. The molecule has 4 aromatic carbocycles. The number of hydrogen-bond donors (Lipinski definition) is 0. The molecule has 3 heterocycles. The number of nitrogens with zero attached hydrogens (tertiary/aromatic N) is 3. The van der Waals surface area contributed by atoms with Crippen LogP contribution in [0.2, 0.25) is 0 Å². The fraction of sp³-hybridized carbons (Fsp3) is 0.0968. The van der Waals surface area contributed by atoms with Gasteiger partial charge in [0.25, 0.3) is 0 Å². The zero-order valence-corrected chi connectivity index (χ0v) is 21.1. The summed E-state index contributed by atoms with van der Waals surface area (Å²) in [5.41, 5.74) is 10.3. The van der Waals surface area contributed by atoms with E-state index < -0.39 is 0 Å². The van der Waals surface area contributed by atoms with Gasteiger partial charge < -0.3 is 0 Å². The summed E-state index contributed by atoms with van der Waals surface area (Å²) < 4.78 is 4.94. The Morgan fingerprint density at radius 2 is 1.51 bits per heavy atom. The van der Waals surface area contributed by atoms with Crippen LogP contribution in [-0.4, -0.2) is 29.0 Å². The first-order chi connectivity index (χ1) is 17.1. The monoisotopic (exact) mass is 515 g/mol. The number of benzene rings is 4. The molecule has 4 heteroatoms. The second kappa shape index (κ2) is 6.69. The normalized spacial score (nSPS) is 14.2. The van der Waals surface area contributed by atoms with Crippen LogP contribution in [-0.2, 0) is 5.41 Å². The first-order valence-electron chi connectivity index (χ1n) is 11.9. The van der Waals surface area contributed by atoms with Gasteiger partial charge in [-0.25, -0.2) is 0 Å². The number of rotatable bonds is 1. The quantitative estimate of drug-likeness (QED) is 0.216. The van der Waals surface area contributed by atoms with E-state index in [2.05, 4.69) is 107 Å². The van der Waals surface area contributed by atoms with Crippen molar-refractivity contribution >= 4 is 55.9 Å². The molecular formula is C31H21N3Se. The Kier molecular flexibility index (Phi) is 3.74. The minimum atomic E-state index is -0.0264. The van der Waals surface area contributed by atoms with Crippen LogP contribution in [0.25, 0.3) is 58.2 Å². The molecule has 0 saturated heterocycles. The van der Waals surface area contributed by atoms with E-state index in [-0.39, 0.29) is 19.9 Å². The van der Waals surface area contributed by atoms with Crippen LogP contribution < -0.4 is 0 Å². The molecule has 3 aromatic heterocycles. The topological polar surface area (TPSA) is 30.7 Å². The molecule has 35 heavy (non-hydrogen) atoms. The molecule has 1 aliphatic carbocycles. The molecule has 3 nitrogen and oxygen atoms in total. The average molecular weight is 514 g/mol. The summed E-state index contributed by atoms with van der Waals surface area (Å²) in [4.78, 5) is 9.21. The molecule has 0 atom stereocenters. The molecule has 0 N–H and O–H groups in total. The Bertz CT molecular complexity index is 1990. The fourth-order valence-corrected chi connectivity index (χ4v) is 8.23. The second-order valence-corrected chi connectivity index (χ2v) is 12.1. The van der Waals surface area contributed by atoms with Crippen molar-refractivity contribution in [2.45, 2.75) is 19.3 Å². The minimum absolute atomic E-state index is 0.0264. The molecule has 0 amide bonds. The predicted octanol–water partition coefficient (Wildman–Crippen LogP) is 7.24. The molecule has 0 bridgehead atoms. The Morgan fingerprint density at radius 3 is 2.46 bits per heavy atom. The van der Waals surface area contributed by atoms with Crippen LogP contribution in [0.3, 0.4) is 0 Å². The van der Waals surface area contributed by atoms with Crippen LogP contribution in [0.15, 0.2) is 91.3 Å². The zero-order chi connectivity index (χ0) is 23.3. The molecule has 7 aromatic rings. The summed E-state index contributed by atoms with van der Waals surface area (Å²) >= 11 is 0.179. The Morgan fingerprint density at radius 1 is 0.686 bits per heavy atom. The summed E-state index contributed by atoms with van der Waals surface area (Å²) in [5.74, 6) is 0. The molecule has 8 rings (SSSR count). The van der Waals surface area contributed by atoms with Gasteiger partial charge in [0.15, 0.2) is 0 Å². The number of aromatic nitrogens is 3. The maximum absolute atomic E-state index is 4.61. The summed E-state index contributed by atoms with van der Waals surface area (Å²) in [7, 11) is 0. The average Bonchev–Trinajstić information content (AvgIpc) is 3.49. The summed E-state index contributed by atoms with van der Waals surface area (Å²) in [6.45, 7) is 4.71. The van der Waals surface area contributed by atoms with E-state index in [1.165, 1.54) is 59.4 Å². The van der Waals surface area contributed by atoms with Crippen molar-refractivity contribution in [2.75, 3.05) is 0 Å². The molecule has 0 saturated carbocycles. The SMILES string of the molecule is CC1(C)c2ccccc2-c2cc3c4ccccc4n(-c4ccc5c(c4)[se]c4nccnc45)c3cc21. The van der Waals surface area contributed by atoms with Gasteiger partial charge in [0.2, 0.25) is 0 Å². The molecule has 0 unspecified atom stereocenters. The van der Waals surface area contributed by atoms with Gasteiger partial charge in [0.1, 0.15) is 0 Å². The van der Waals surface area contributed by atoms with Gasteiger partial charge in [0.05, 0.1) is 0 Å². The van der Waals surface area contributed by atoms with Crippen LogP contribution in [0.4, 0.5) is 0 Å². The first kappa shape index (κ1) is 19.6. The third-order valence-corrected chi connectivity index (χ3v) is 9.93. The van der Waals surface area contributed by atoms with E-state index >= 15 is 0 Å². The summed E-state index contributed by atoms with van der Waals surface area (Å²) in [6, 6.07) is 29.4. The zero-order valence-electron chi connectivity index (χ0n) is 19.4. The number of hydrogen-bond acceptors (Lipinski definition) is 2. The third kappa shape index (κ3) is 2.51. The van der Waals surface area contributed by atoms with Crippen LogP contribution in [0.1, 0.15) is 25.0 Å². The van der Waals surface area contributed by atoms with Crippen molar-refractivity contribution in [1.29, 1.82) is 0 Å². The molecule has 0 spiro atoms. The van der Waals surface area contributed by atoms with E-state index in [9.17, 15) is 0 Å². The van der Waals surface area contributed by atoms with Gasteiger partial charge in [-0.1, -0.05) is 0 Å². The summed E-state index contributed by atoms with van der Waals surface area (Å²) in [6.07, 6.45) is 3.60.